The van der Waals surface area contributed by atoms with Crippen LogP contribution in [-0.4, -0.2) is 38.9 Å². The lowest BCUT2D eigenvalue weighted by Gasteiger charge is -2.32. The molecule has 4 rings (SSSR count). The number of carbonyl (C=O) groups is 1. The Bertz CT molecular complexity index is 1260. The summed E-state index contributed by atoms with van der Waals surface area (Å²) >= 11 is 0. The highest BCUT2D eigenvalue weighted by molar-refractivity contribution is 5.94. The third kappa shape index (κ3) is 6.27. The van der Waals surface area contributed by atoms with Crippen molar-refractivity contribution in [2.75, 3.05) is 33.0 Å². The first-order valence-electron chi connectivity index (χ1n) is 11.9. The van der Waals surface area contributed by atoms with Crippen LogP contribution < -0.4 is 24.8 Å². The van der Waals surface area contributed by atoms with Crippen molar-refractivity contribution in [2.24, 2.45) is 5.92 Å². The summed E-state index contributed by atoms with van der Waals surface area (Å²) in [4.78, 5) is 12.8. The van der Waals surface area contributed by atoms with Gasteiger partial charge in [-0.2, -0.15) is 0 Å². The van der Waals surface area contributed by atoms with Gasteiger partial charge < -0.3 is 24.8 Å². The molecule has 0 unspecified atom stereocenters. The molecular formula is C28H27F3N2O4. The van der Waals surface area contributed by atoms with Gasteiger partial charge in [-0.3, -0.25) is 4.79 Å². The van der Waals surface area contributed by atoms with E-state index in [2.05, 4.69) is 10.6 Å². The number of benzene rings is 2. The maximum absolute atomic E-state index is 14.6. The van der Waals surface area contributed by atoms with Crippen molar-refractivity contribution in [3.05, 3.63) is 76.6 Å². The molecule has 0 aliphatic carbocycles. The molecule has 194 valence electrons. The van der Waals surface area contributed by atoms with Gasteiger partial charge in [0.25, 0.3) is 5.91 Å². The number of hydrogen-bond donors (Lipinski definition) is 2. The number of nitrogens with one attached hydrogen (secondary N) is 2. The van der Waals surface area contributed by atoms with E-state index in [0.717, 1.165) is 31.5 Å². The normalized spacial score (nSPS) is 19.6. The molecule has 0 spiro atoms. The quantitative estimate of drug-likeness (QED) is 0.394. The molecular weight excluding hydrogens is 485 g/mol. The van der Waals surface area contributed by atoms with E-state index in [-0.39, 0.29) is 24.2 Å². The molecule has 2 aromatic carbocycles. The molecule has 0 radical (unpaired) electrons. The molecule has 2 heterocycles. The lowest BCUT2D eigenvalue weighted by molar-refractivity contribution is 0.0952. The van der Waals surface area contributed by atoms with Crippen molar-refractivity contribution >= 4 is 5.91 Å². The minimum absolute atomic E-state index is 0.00181. The van der Waals surface area contributed by atoms with Crippen LogP contribution >= 0.6 is 0 Å². The molecule has 1 amide bonds. The second kappa shape index (κ2) is 11.9. The van der Waals surface area contributed by atoms with E-state index in [0.29, 0.717) is 30.4 Å². The first-order valence-corrected chi connectivity index (χ1v) is 11.9. The van der Waals surface area contributed by atoms with E-state index >= 15 is 0 Å². The van der Waals surface area contributed by atoms with E-state index in [9.17, 15) is 18.0 Å². The Labute approximate surface area is 213 Å². The molecule has 2 aliphatic rings. The Balaban J connectivity index is 1.46. The van der Waals surface area contributed by atoms with Gasteiger partial charge in [0.1, 0.15) is 23.2 Å². The SMILES string of the molecule is C#C/C=C(F)\C(CNC(=O)c1cc([C@@H]2CCNC[C@H]2COc2ccc3c(c2)OCO3)ccc1F)=C(/C)F. The zero-order valence-electron chi connectivity index (χ0n) is 20.3. The topological polar surface area (TPSA) is 68.8 Å². The van der Waals surface area contributed by atoms with Crippen molar-refractivity contribution in [3.63, 3.8) is 0 Å². The lowest BCUT2D eigenvalue weighted by atomic mass is 9.81. The van der Waals surface area contributed by atoms with Crippen LogP contribution in [0.4, 0.5) is 13.2 Å². The van der Waals surface area contributed by atoms with Crippen LogP contribution in [0.3, 0.4) is 0 Å². The van der Waals surface area contributed by atoms with Gasteiger partial charge in [-0.15, -0.1) is 6.42 Å². The standard InChI is InChI=1S/C28H27F3N2O4/c1-3-4-24(30)23(17(2)29)14-33-28(34)22-11-18(5-7-25(22)31)21-9-10-32-13-19(21)15-35-20-6-8-26-27(12-20)37-16-36-26/h1,4-8,11-12,19,21,32H,9-10,13-16H2,2H3,(H,33,34)/b23-17+,24-4+/t19-,21-/m0/s1. The minimum Gasteiger partial charge on any atom is -0.493 e. The molecule has 37 heavy (non-hydrogen) atoms. The predicted octanol–water partition coefficient (Wildman–Crippen LogP) is 4.79. The van der Waals surface area contributed by atoms with E-state index in [1.165, 1.54) is 12.1 Å². The minimum atomic E-state index is -0.975. The smallest absolute Gasteiger partial charge is 0.254 e. The number of hydrogen-bond acceptors (Lipinski definition) is 5. The van der Waals surface area contributed by atoms with E-state index in [1.807, 2.05) is 12.0 Å². The second-order valence-corrected chi connectivity index (χ2v) is 8.78. The maximum Gasteiger partial charge on any atom is 0.254 e. The van der Waals surface area contributed by atoms with Crippen LogP contribution in [0, 0.1) is 24.1 Å². The van der Waals surface area contributed by atoms with Crippen LogP contribution in [0.5, 0.6) is 17.2 Å². The Morgan fingerprint density at radius 1 is 1.24 bits per heavy atom. The van der Waals surface area contributed by atoms with Crippen molar-refractivity contribution in [2.45, 2.75) is 19.3 Å². The Morgan fingerprint density at radius 2 is 2.05 bits per heavy atom. The fourth-order valence-electron chi connectivity index (χ4n) is 4.45. The van der Waals surface area contributed by atoms with Crippen LogP contribution in [0.15, 0.2) is 59.7 Å². The number of terminal acetylenes is 1. The maximum atomic E-state index is 14.6. The van der Waals surface area contributed by atoms with Gasteiger partial charge in [-0.05, 0) is 55.6 Å². The predicted molar refractivity (Wildman–Crippen MR) is 132 cm³/mol. The number of ether oxygens (including phenoxy) is 3. The first kappa shape index (κ1) is 26.2. The highest BCUT2D eigenvalue weighted by atomic mass is 19.1. The highest BCUT2D eigenvalue weighted by Gasteiger charge is 2.29. The zero-order valence-corrected chi connectivity index (χ0v) is 20.3. The number of fused-ring (bicyclic) bond motifs is 1. The van der Waals surface area contributed by atoms with Gasteiger partial charge >= 0.3 is 0 Å². The molecule has 0 aromatic heterocycles. The van der Waals surface area contributed by atoms with Crippen molar-refractivity contribution in [3.8, 4) is 29.6 Å². The Morgan fingerprint density at radius 3 is 2.84 bits per heavy atom. The van der Waals surface area contributed by atoms with Crippen molar-refractivity contribution in [1.29, 1.82) is 0 Å². The van der Waals surface area contributed by atoms with Gasteiger partial charge in [0.2, 0.25) is 6.79 Å². The van der Waals surface area contributed by atoms with Crippen LogP contribution in [0.1, 0.15) is 35.2 Å². The van der Waals surface area contributed by atoms with Gasteiger partial charge in [-0.25, -0.2) is 13.2 Å². The van der Waals surface area contributed by atoms with Gasteiger partial charge in [0, 0.05) is 36.7 Å². The number of halogens is 3. The molecule has 0 bridgehead atoms. The molecule has 1 fully saturated rings. The van der Waals surface area contributed by atoms with Crippen molar-refractivity contribution < 1.29 is 32.2 Å². The van der Waals surface area contributed by atoms with Crippen molar-refractivity contribution in [1.82, 2.24) is 10.6 Å². The summed E-state index contributed by atoms with van der Waals surface area (Å²) in [6.07, 6.45) is 6.56. The Kier molecular flexibility index (Phi) is 8.41. The molecule has 0 saturated carbocycles. The van der Waals surface area contributed by atoms with Gasteiger partial charge in [0.15, 0.2) is 11.5 Å². The third-order valence-corrected chi connectivity index (χ3v) is 6.42. The van der Waals surface area contributed by atoms with Crippen LogP contribution in [0.25, 0.3) is 0 Å². The first-order chi connectivity index (χ1) is 17.9. The van der Waals surface area contributed by atoms with Crippen LogP contribution in [-0.2, 0) is 0 Å². The summed E-state index contributed by atoms with van der Waals surface area (Å²) in [6.45, 7) is 2.58. The molecule has 2 aliphatic heterocycles. The molecule has 9 heteroatoms. The second-order valence-electron chi connectivity index (χ2n) is 8.78. The molecule has 2 atom stereocenters. The Hall–Kier alpha value is -3.90. The monoisotopic (exact) mass is 512 g/mol. The van der Waals surface area contributed by atoms with Gasteiger partial charge in [-0.1, -0.05) is 12.0 Å². The summed E-state index contributed by atoms with van der Waals surface area (Å²) in [6, 6.07) is 9.76. The molecule has 2 aromatic rings. The van der Waals surface area contributed by atoms with E-state index in [1.54, 1.807) is 18.2 Å². The molecule has 1 saturated heterocycles. The average Bonchev–Trinajstić information content (AvgIpc) is 3.36. The van der Waals surface area contributed by atoms with E-state index in [4.69, 9.17) is 20.6 Å². The lowest BCUT2D eigenvalue weighted by Crippen LogP contribution is -2.38. The van der Waals surface area contributed by atoms with Gasteiger partial charge in [0.05, 0.1) is 12.2 Å². The summed E-state index contributed by atoms with van der Waals surface area (Å²) in [5, 5.41) is 5.74. The highest BCUT2D eigenvalue weighted by Crippen LogP contribution is 2.36. The third-order valence-electron chi connectivity index (χ3n) is 6.42. The summed E-state index contributed by atoms with van der Waals surface area (Å²) in [7, 11) is 0. The molecule has 6 nitrogen and oxygen atoms in total. The summed E-state index contributed by atoms with van der Waals surface area (Å²) in [5.74, 6) is 0.636. The number of carbonyl (C=O) groups excluding carboxylic acids is 1. The number of amides is 1. The summed E-state index contributed by atoms with van der Waals surface area (Å²) < 4.78 is 59.1. The fourth-order valence-corrected chi connectivity index (χ4v) is 4.45. The zero-order chi connectivity index (χ0) is 26.4. The van der Waals surface area contributed by atoms with E-state index < -0.39 is 35.5 Å². The van der Waals surface area contributed by atoms with Crippen LogP contribution in [0.2, 0.25) is 0 Å². The number of piperidine rings is 1. The number of allylic oxidation sites excluding steroid dienone is 2. The molecule has 2 N–H and O–H groups in total. The fraction of sp³-hybridized carbons (Fsp3) is 0.321. The average molecular weight is 513 g/mol. The summed E-state index contributed by atoms with van der Waals surface area (Å²) in [5.41, 5.74) is 0.175. The largest absolute Gasteiger partial charge is 0.493 e. The number of rotatable bonds is 8.